The van der Waals surface area contributed by atoms with Crippen molar-refractivity contribution in [1.29, 1.82) is 0 Å². The van der Waals surface area contributed by atoms with Gasteiger partial charge in [0.15, 0.2) is 12.4 Å². The Labute approximate surface area is 138 Å². The van der Waals surface area contributed by atoms with Crippen molar-refractivity contribution < 1.29 is 19.2 Å². The number of nitrogens with zero attached hydrogens (tertiary/aromatic N) is 3. The highest BCUT2D eigenvalue weighted by atomic mass is 16.6. The van der Waals surface area contributed by atoms with Crippen LogP contribution in [0.4, 0.5) is 11.4 Å². The molecule has 128 valence electrons. The van der Waals surface area contributed by atoms with Gasteiger partial charge in [0.1, 0.15) is 5.75 Å². The van der Waals surface area contributed by atoms with E-state index in [1.165, 1.54) is 25.3 Å². The largest absolute Gasteiger partial charge is 0.496 e. The van der Waals surface area contributed by atoms with Crippen molar-refractivity contribution in [3.05, 3.63) is 39.7 Å². The van der Waals surface area contributed by atoms with Crippen molar-refractivity contribution in [2.75, 3.05) is 19.0 Å². The Morgan fingerprint density at radius 3 is 2.67 bits per heavy atom. The molecule has 0 atom stereocenters. The number of hydrogen-bond donors (Lipinski definition) is 1. The van der Waals surface area contributed by atoms with Gasteiger partial charge in [-0.2, -0.15) is 5.10 Å². The highest BCUT2D eigenvalue weighted by Crippen LogP contribution is 2.31. The van der Waals surface area contributed by atoms with Crippen molar-refractivity contribution in [2.24, 2.45) is 7.05 Å². The van der Waals surface area contributed by atoms with Crippen LogP contribution >= 0.6 is 0 Å². The molecule has 0 radical (unpaired) electrons. The number of hydrogen-bond acceptors (Lipinski definition) is 6. The van der Waals surface area contributed by atoms with Crippen LogP contribution in [0.5, 0.6) is 11.5 Å². The van der Waals surface area contributed by atoms with E-state index in [9.17, 15) is 14.9 Å². The van der Waals surface area contributed by atoms with Gasteiger partial charge in [-0.1, -0.05) is 0 Å². The number of benzene rings is 1. The van der Waals surface area contributed by atoms with Crippen LogP contribution in [-0.4, -0.2) is 34.3 Å². The second-order valence-corrected chi connectivity index (χ2v) is 5.10. The Morgan fingerprint density at radius 2 is 2.12 bits per heavy atom. The molecule has 1 heterocycles. The van der Waals surface area contributed by atoms with E-state index in [-0.39, 0.29) is 18.0 Å². The molecule has 0 aliphatic carbocycles. The molecule has 0 saturated carbocycles. The zero-order valence-electron chi connectivity index (χ0n) is 13.8. The van der Waals surface area contributed by atoms with Crippen LogP contribution in [0.3, 0.4) is 0 Å². The first-order valence-corrected chi connectivity index (χ1v) is 7.08. The van der Waals surface area contributed by atoms with Crippen molar-refractivity contribution in [3.8, 4) is 11.5 Å². The fraction of sp³-hybridized carbons (Fsp3) is 0.333. The molecule has 1 amide bonds. The smallest absolute Gasteiger partial charge is 0.314 e. The van der Waals surface area contributed by atoms with Gasteiger partial charge in [-0.25, -0.2) is 0 Å². The normalized spacial score (nSPS) is 10.3. The SMILES string of the molecule is COc1ccc(OCC(=O)Nc2c(C)nn(C)c2C)c([N+](=O)[O-])c1. The van der Waals surface area contributed by atoms with Crippen LogP contribution in [0.15, 0.2) is 18.2 Å². The summed E-state index contributed by atoms with van der Waals surface area (Å²) in [5, 5.41) is 18.0. The van der Waals surface area contributed by atoms with Gasteiger partial charge in [0, 0.05) is 7.05 Å². The molecule has 1 N–H and O–H groups in total. The third-order valence-electron chi connectivity index (χ3n) is 3.50. The summed E-state index contributed by atoms with van der Waals surface area (Å²) >= 11 is 0. The predicted octanol–water partition coefficient (Wildman–Crippen LogP) is 1.97. The fourth-order valence-electron chi connectivity index (χ4n) is 2.16. The van der Waals surface area contributed by atoms with Crippen LogP contribution in [0.2, 0.25) is 0 Å². The van der Waals surface area contributed by atoms with Crippen molar-refractivity contribution in [1.82, 2.24) is 9.78 Å². The number of anilines is 1. The number of rotatable bonds is 6. The van der Waals surface area contributed by atoms with Gasteiger partial charge in [0.05, 0.1) is 35.2 Å². The summed E-state index contributed by atoms with van der Waals surface area (Å²) < 4.78 is 11.9. The third-order valence-corrected chi connectivity index (χ3v) is 3.50. The molecule has 0 spiro atoms. The molecule has 0 saturated heterocycles. The Kier molecular flexibility index (Phi) is 5.02. The minimum Gasteiger partial charge on any atom is -0.496 e. The molecule has 0 fully saturated rings. The van der Waals surface area contributed by atoms with Gasteiger partial charge in [-0.15, -0.1) is 0 Å². The third kappa shape index (κ3) is 3.62. The molecule has 0 bridgehead atoms. The Balaban J connectivity index is 2.08. The van der Waals surface area contributed by atoms with Crippen LogP contribution < -0.4 is 14.8 Å². The summed E-state index contributed by atoms with van der Waals surface area (Å²) in [5.41, 5.74) is 1.82. The van der Waals surface area contributed by atoms with Gasteiger partial charge in [0.25, 0.3) is 5.91 Å². The fourth-order valence-corrected chi connectivity index (χ4v) is 2.16. The summed E-state index contributed by atoms with van der Waals surface area (Å²) in [6.07, 6.45) is 0. The average Bonchev–Trinajstić information content (AvgIpc) is 2.79. The van der Waals surface area contributed by atoms with Crippen molar-refractivity contribution in [3.63, 3.8) is 0 Å². The molecular formula is C15H18N4O5. The number of aromatic nitrogens is 2. The van der Waals surface area contributed by atoms with E-state index in [1.54, 1.807) is 18.7 Å². The lowest BCUT2D eigenvalue weighted by molar-refractivity contribution is -0.385. The minimum atomic E-state index is -0.592. The van der Waals surface area contributed by atoms with E-state index in [0.29, 0.717) is 17.1 Å². The number of aryl methyl sites for hydroxylation is 2. The van der Waals surface area contributed by atoms with Crippen LogP contribution in [0.1, 0.15) is 11.4 Å². The van der Waals surface area contributed by atoms with E-state index in [1.807, 2.05) is 6.92 Å². The molecule has 9 heteroatoms. The molecule has 1 aromatic carbocycles. The maximum Gasteiger partial charge on any atom is 0.314 e. The van der Waals surface area contributed by atoms with Gasteiger partial charge < -0.3 is 14.8 Å². The summed E-state index contributed by atoms with van der Waals surface area (Å²) in [5.74, 6) is -0.102. The van der Waals surface area contributed by atoms with Crippen LogP contribution in [0, 0.1) is 24.0 Å². The maximum absolute atomic E-state index is 12.0. The highest BCUT2D eigenvalue weighted by molar-refractivity contribution is 5.93. The molecule has 24 heavy (non-hydrogen) atoms. The Hall–Kier alpha value is -3.10. The number of nitro benzene ring substituents is 1. The number of ether oxygens (including phenoxy) is 2. The quantitative estimate of drug-likeness (QED) is 0.639. The summed E-state index contributed by atoms with van der Waals surface area (Å²) in [7, 11) is 3.18. The van der Waals surface area contributed by atoms with E-state index in [0.717, 1.165) is 5.69 Å². The summed E-state index contributed by atoms with van der Waals surface area (Å²) in [4.78, 5) is 22.5. The predicted molar refractivity (Wildman–Crippen MR) is 86.5 cm³/mol. The Morgan fingerprint density at radius 1 is 1.42 bits per heavy atom. The van der Waals surface area contributed by atoms with Gasteiger partial charge in [-0.3, -0.25) is 19.6 Å². The number of carbonyl (C=O) groups is 1. The van der Waals surface area contributed by atoms with Gasteiger partial charge in [-0.05, 0) is 26.0 Å². The lowest BCUT2D eigenvalue weighted by Crippen LogP contribution is -2.21. The number of amides is 1. The van der Waals surface area contributed by atoms with Gasteiger partial charge >= 0.3 is 5.69 Å². The zero-order valence-corrected chi connectivity index (χ0v) is 13.8. The summed E-state index contributed by atoms with van der Waals surface area (Å²) in [6, 6.07) is 4.16. The van der Waals surface area contributed by atoms with E-state index in [4.69, 9.17) is 9.47 Å². The second-order valence-electron chi connectivity index (χ2n) is 5.10. The highest BCUT2D eigenvalue weighted by Gasteiger charge is 2.18. The number of carbonyl (C=O) groups excluding carboxylic acids is 1. The molecule has 1 aromatic heterocycles. The standard InChI is InChI=1S/C15H18N4O5/c1-9-15(10(2)18(3)17-9)16-14(20)8-24-13-6-5-11(23-4)7-12(13)19(21)22/h5-7H,8H2,1-4H3,(H,16,20). The lowest BCUT2D eigenvalue weighted by Gasteiger charge is -2.09. The van der Waals surface area contributed by atoms with E-state index < -0.39 is 10.8 Å². The van der Waals surface area contributed by atoms with Crippen molar-refractivity contribution in [2.45, 2.75) is 13.8 Å². The van der Waals surface area contributed by atoms with Crippen LogP contribution in [0.25, 0.3) is 0 Å². The Bertz CT molecular complexity index is 784. The molecule has 2 rings (SSSR count). The molecule has 0 unspecified atom stereocenters. The first-order chi connectivity index (χ1) is 11.3. The van der Waals surface area contributed by atoms with Gasteiger partial charge in [0.2, 0.25) is 0 Å². The molecule has 0 aliphatic rings. The summed E-state index contributed by atoms with van der Waals surface area (Å²) in [6.45, 7) is 3.24. The first kappa shape index (κ1) is 17.3. The first-order valence-electron chi connectivity index (χ1n) is 7.08. The number of nitrogens with one attached hydrogen (secondary N) is 1. The number of nitro groups is 1. The molecule has 2 aromatic rings. The zero-order chi connectivity index (χ0) is 17.9. The number of methoxy groups -OCH3 is 1. The molecular weight excluding hydrogens is 316 g/mol. The minimum absolute atomic E-state index is 0.00409. The monoisotopic (exact) mass is 334 g/mol. The van der Waals surface area contributed by atoms with Crippen molar-refractivity contribution >= 4 is 17.3 Å². The maximum atomic E-state index is 12.0. The average molecular weight is 334 g/mol. The van der Waals surface area contributed by atoms with E-state index >= 15 is 0 Å². The lowest BCUT2D eigenvalue weighted by atomic mass is 10.3. The molecule has 0 aliphatic heterocycles. The van der Waals surface area contributed by atoms with Crippen LogP contribution in [-0.2, 0) is 11.8 Å². The molecule has 9 nitrogen and oxygen atoms in total. The van der Waals surface area contributed by atoms with E-state index in [2.05, 4.69) is 10.4 Å². The second kappa shape index (κ2) is 6.99. The topological polar surface area (TPSA) is 109 Å².